The molecule has 0 aromatic heterocycles. The first-order valence-electron chi connectivity index (χ1n) is 7.71. The van der Waals surface area contributed by atoms with Gasteiger partial charge in [-0.1, -0.05) is 13.8 Å². The predicted molar refractivity (Wildman–Crippen MR) is 74.4 cm³/mol. The van der Waals surface area contributed by atoms with E-state index in [2.05, 4.69) is 31.0 Å². The Labute approximate surface area is 107 Å². The summed E-state index contributed by atoms with van der Waals surface area (Å²) in [5.74, 6) is 0. The van der Waals surface area contributed by atoms with Crippen molar-refractivity contribution >= 4 is 0 Å². The third-order valence-electron chi connectivity index (χ3n) is 5.21. The van der Waals surface area contributed by atoms with E-state index in [1.807, 2.05) is 0 Å². The van der Waals surface area contributed by atoms with E-state index < -0.39 is 0 Å². The molecule has 1 N–H and O–H groups in total. The molecule has 0 amide bonds. The molecule has 0 bridgehead atoms. The molecule has 100 valence electrons. The van der Waals surface area contributed by atoms with Gasteiger partial charge in [0.15, 0.2) is 0 Å². The van der Waals surface area contributed by atoms with Crippen LogP contribution in [-0.4, -0.2) is 35.6 Å². The Morgan fingerprint density at radius 2 is 1.88 bits per heavy atom. The van der Waals surface area contributed by atoms with Crippen LogP contribution < -0.4 is 5.32 Å². The summed E-state index contributed by atoms with van der Waals surface area (Å²) in [6, 6.07) is 1.43. The highest BCUT2D eigenvalue weighted by atomic mass is 15.2. The monoisotopic (exact) mass is 238 g/mol. The van der Waals surface area contributed by atoms with Gasteiger partial charge >= 0.3 is 0 Å². The van der Waals surface area contributed by atoms with E-state index in [-0.39, 0.29) is 0 Å². The summed E-state index contributed by atoms with van der Waals surface area (Å²) in [5.41, 5.74) is 0.593. The van der Waals surface area contributed by atoms with Crippen LogP contribution in [0.1, 0.15) is 65.7 Å². The van der Waals surface area contributed by atoms with Crippen LogP contribution in [0.3, 0.4) is 0 Å². The SMILES string of the molecule is CCC1CCN(C2(CC)CCC2)CCC(C)N1. The Balaban J connectivity index is 1.97. The van der Waals surface area contributed by atoms with Crippen molar-refractivity contribution in [3.05, 3.63) is 0 Å². The highest BCUT2D eigenvalue weighted by molar-refractivity contribution is 4.98. The van der Waals surface area contributed by atoms with Crippen molar-refractivity contribution in [3.8, 4) is 0 Å². The van der Waals surface area contributed by atoms with E-state index in [4.69, 9.17) is 0 Å². The van der Waals surface area contributed by atoms with Gasteiger partial charge in [-0.15, -0.1) is 0 Å². The average Bonchev–Trinajstić information content (AvgIpc) is 2.26. The summed E-state index contributed by atoms with van der Waals surface area (Å²) in [6.07, 6.45) is 9.63. The molecule has 0 radical (unpaired) electrons. The Morgan fingerprint density at radius 3 is 2.41 bits per heavy atom. The average molecular weight is 238 g/mol. The molecule has 0 spiro atoms. The van der Waals surface area contributed by atoms with Crippen molar-refractivity contribution in [2.45, 2.75) is 83.3 Å². The first-order valence-corrected chi connectivity index (χ1v) is 7.71. The van der Waals surface area contributed by atoms with Crippen LogP contribution in [0.2, 0.25) is 0 Å². The molecule has 1 saturated heterocycles. The van der Waals surface area contributed by atoms with Crippen LogP contribution in [0.25, 0.3) is 0 Å². The second-order valence-electron chi connectivity index (χ2n) is 6.17. The molecule has 2 aliphatic rings. The van der Waals surface area contributed by atoms with Crippen LogP contribution in [-0.2, 0) is 0 Å². The van der Waals surface area contributed by atoms with Crippen LogP contribution in [0.5, 0.6) is 0 Å². The fourth-order valence-electron chi connectivity index (χ4n) is 3.62. The van der Waals surface area contributed by atoms with Gasteiger partial charge in [0.05, 0.1) is 0 Å². The van der Waals surface area contributed by atoms with E-state index >= 15 is 0 Å². The highest BCUT2D eigenvalue weighted by Crippen LogP contribution is 2.41. The Hall–Kier alpha value is -0.0800. The summed E-state index contributed by atoms with van der Waals surface area (Å²) in [7, 11) is 0. The Morgan fingerprint density at radius 1 is 1.18 bits per heavy atom. The molecule has 2 unspecified atom stereocenters. The van der Waals surface area contributed by atoms with Crippen molar-refractivity contribution in [1.82, 2.24) is 10.2 Å². The molecule has 1 aliphatic carbocycles. The number of hydrogen-bond donors (Lipinski definition) is 1. The van der Waals surface area contributed by atoms with Gasteiger partial charge in [0, 0.05) is 30.7 Å². The van der Waals surface area contributed by atoms with Crippen LogP contribution >= 0.6 is 0 Å². The lowest BCUT2D eigenvalue weighted by Gasteiger charge is -2.51. The summed E-state index contributed by atoms with van der Waals surface area (Å²) in [6.45, 7) is 9.67. The molecular formula is C15H30N2. The lowest BCUT2D eigenvalue weighted by atomic mass is 9.73. The summed E-state index contributed by atoms with van der Waals surface area (Å²) >= 11 is 0. The molecule has 2 fully saturated rings. The maximum absolute atomic E-state index is 3.77. The first kappa shape index (κ1) is 13.4. The van der Waals surface area contributed by atoms with Crippen LogP contribution in [0.4, 0.5) is 0 Å². The number of hydrogen-bond acceptors (Lipinski definition) is 2. The van der Waals surface area contributed by atoms with Crippen molar-refractivity contribution in [2.24, 2.45) is 0 Å². The van der Waals surface area contributed by atoms with Crippen LogP contribution in [0, 0.1) is 0 Å². The largest absolute Gasteiger partial charge is 0.311 e. The second kappa shape index (κ2) is 5.71. The highest BCUT2D eigenvalue weighted by Gasteiger charge is 2.40. The van der Waals surface area contributed by atoms with Gasteiger partial charge in [-0.2, -0.15) is 0 Å². The topological polar surface area (TPSA) is 15.3 Å². The predicted octanol–water partition coefficient (Wildman–Crippen LogP) is 3.17. The lowest BCUT2D eigenvalue weighted by molar-refractivity contribution is 0.00181. The van der Waals surface area contributed by atoms with Crippen molar-refractivity contribution < 1.29 is 0 Å². The fourth-order valence-corrected chi connectivity index (χ4v) is 3.62. The molecule has 1 saturated carbocycles. The summed E-state index contributed by atoms with van der Waals surface area (Å²) in [4.78, 5) is 2.83. The number of nitrogens with zero attached hydrogens (tertiary/aromatic N) is 1. The minimum absolute atomic E-state index is 0.593. The molecule has 0 aromatic rings. The zero-order valence-electron chi connectivity index (χ0n) is 12.0. The normalized spacial score (nSPS) is 34.8. The maximum atomic E-state index is 3.77. The van der Waals surface area contributed by atoms with Gasteiger partial charge in [-0.05, 0) is 51.9 Å². The molecule has 1 heterocycles. The standard InChI is InChI=1S/C15H30N2/c1-4-14-8-12-17(11-7-13(3)16-14)15(5-2)9-6-10-15/h13-14,16H,4-12H2,1-3H3. The van der Waals surface area contributed by atoms with Gasteiger partial charge in [0.25, 0.3) is 0 Å². The fraction of sp³-hybridized carbons (Fsp3) is 1.00. The van der Waals surface area contributed by atoms with Crippen molar-refractivity contribution in [3.63, 3.8) is 0 Å². The van der Waals surface area contributed by atoms with E-state index in [0.29, 0.717) is 11.6 Å². The van der Waals surface area contributed by atoms with Gasteiger partial charge < -0.3 is 5.32 Å². The quantitative estimate of drug-likeness (QED) is 0.812. The van der Waals surface area contributed by atoms with E-state index in [9.17, 15) is 0 Å². The number of nitrogens with one attached hydrogen (secondary N) is 1. The van der Waals surface area contributed by atoms with Gasteiger partial charge in [-0.25, -0.2) is 0 Å². The third-order valence-corrected chi connectivity index (χ3v) is 5.21. The van der Waals surface area contributed by atoms with Crippen molar-refractivity contribution in [2.75, 3.05) is 13.1 Å². The molecule has 2 rings (SSSR count). The Bertz CT molecular complexity index is 230. The Kier molecular flexibility index (Phi) is 4.48. The van der Waals surface area contributed by atoms with E-state index in [1.165, 1.54) is 58.0 Å². The maximum Gasteiger partial charge on any atom is 0.0207 e. The lowest BCUT2D eigenvalue weighted by Crippen LogP contribution is -2.56. The van der Waals surface area contributed by atoms with E-state index in [1.54, 1.807) is 0 Å². The molecular weight excluding hydrogens is 208 g/mol. The minimum atomic E-state index is 0.593. The smallest absolute Gasteiger partial charge is 0.0207 e. The van der Waals surface area contributed by atoms with Gasteiger partial charge in [0.1, 0.15) is 0 Å². The minimum Gasteiger partial charge on any atom is -0.311 e. The third kappa shape index (κ3) is 2.85. The number of rotatable bonds is 3. The summed E-state index contributed by atoms with van der Waals surface area (Å²) < 4.78 is 0. The zero-order chi connectivity index (χ0) is 12.3. The van der Waals surface area contributed by atoms with Crippen molar-refractivity contribution in [1.29, 1.82) is 0 Å². The molecule has 2 nitrogen and oxygen atoms in total. The molecule has 1 aliphatic heterocycles. The molecule has 17 heavy (non-hydrogen) atoms. The van der Waals surface area contributed by atoms with E-state index in [0.717, 1.165) is 6.04 Å². The first-order chi connectivity index (χ1) is 8.20. The van der Waals surface area contributed by atoms with Gasteiger partial charge in [0.2, 0.25) is 0 Å². The second-order valence-corrected chi connectivity index (χ2v) is 6.17. The summed E-state index contributed by atoms with van der Waals surface area (Å²) in [5, 5.41) is 3.77. The van der Waals surface area contributed by atoms with Gasteiger partial charge in [-0.3, -0.25) is 4.90 Å². The zero-order valence-corrected chi connectivity index (χ0v) is 12.0. The molecule has 2 atom stereocenters. The molecule has 0 aromatic carbocycles. The van der Waals surface area contributed by atoms with Crippen LogP contribution in [0.15, 0.2) is 0 Å². The molecule has 2 heteroatoms.